The third kappa shape index (κ3) is 3.23. The summed E-state index contributed by atoms with van der Waals surface area (Å²) in [5.74, 6) is -0.438. The van der Waals surface area contributed by atoms with Gasteiger partial charge in [0.15, 0.2) is 0 Å². The first-order valence-electron chi connectivity index (χ1n) is 4.98. The fourth-order valence-electron chi connectivity index (χ4n) is 1.38. The fraction of sp³-hybridized carbons (Fsp3) is 0.455. The molecule has 0 saturated heterocycles. The van der Waals surface area contributed by atoms with E-state index >= 15 is 0 Å². The zero-order valence-electron chi connectivity index (χ0n) is 8.66. The van der Waals surface area contributed by atoms with Crippen molar-refractivity contribution < 1.29 is 9.59 Å². The lowest BCUT2D eigenvalue weighted by Gasteiger charge is -2.02. The minimum absolute atomic E-state index is 0.0614. The van der Waals surface area contributed by atoms with Gasteiger partial charge in [-0.15, -0.1) is 13.2 Å². The predicted octanol–water partition coefficient (Wildman–Crippen LogP) is 0.227. The normalized spacial score (nSPS) is 22.7. The van der Waals surface area contributed by atoms with E-state index in [0.29, 0.717) is 19.5 Å². The van der Waals surface area contributed by atoms with Crippen molar-refractivity contribution in [2.24, 2.45) is 11.8 Å². The summed E-state index contributed by atoms with van der Waals surface area (Å²) in [6.07, 6.45) is 3.88. The molecule has 1 saturated carbocycles. The summed E-state index contributed by atoms with van der Waals surface area (Å²) >= 11 is 0. The highest BCUT2D eigenvalue weighted by atomic mass is 16.2. The summed E-state index contributed by atoms with van der Waals surface area (Å²) in [5, 5.41) is 5.36. The molecule has 15 heavy (non-hydrogen) atoms. The minimum Gasteiger partial charge on any atom is -0.352 e. The van der Waals surface area contributed by atoms with Gasteiger partial charge in [0, 0.05) is 13.1 Å². The quantitative estimate of drug-likeness (QED) is 0.614. The van der Waals surface area contributed by atoms with Gasteiger partial charge in [0.05, 0.1) is 11.8 Å². The van der Waals surface area contributed by atoms with E-state index in [1.165, 1.54) is 0 Å². The molecule has 0 aromatic heterocycles. The number of hydrogen-bond donors (Lipinski definition) is 2. The van der Waals surface area contributed by atoms with Crippen LogP contribution in [0.3, 0.4) is 0 Å². The molecule has 1 aliphatic rings. The maximum Gasteiger partial charge on any atom is 0.224 e. The van der Waals surface area contributed by atoms with Crippen LogP contribution in [0.5, 0.6) is 0 Å². The standard InChI is InChI=1S/C11H16N2O2/c1-3-5-12-10(14)8-7-9(8)11(15)13-6-4-2/h3-4,8-9H,1-2,5-7H2,(H,12,14)(H,13,15). The summed E-state index contributed by atoms with van der Waals surface area (Å²) < 4.78 is 0. The molecule has 0 aromatic carbocycles. The summed E-state index contributed by atoms with van der Waals surface area (Å²) in [7, 11) is 0. The average Bonchev–Trinajstić information content (AvgIpc) is 3.02. The molecular weight excluding hydrogens is 192 g/mol. The van der Waals surface area contributed by atoms with Gasteiger partial charge in [0.2, 0.25) is 11.8 Å². The van der Waals surface area contributed by atoms with E-state index < -0.39 is 0 Å². The van der Waals surface area contributed by atoms with Crippen LogP contribution in [0.15, 0.2) is 25.3 Å². The molecule has 2 unspecified atom stereocenters. The van der Waals surface area contributed by atoms with Crippen LogP contribution in [0.1, 0.15) is 6.42 Å². The average molecular weight is 208 g/mol. The molecule has 2 N–H and O–H groups in total. The first kappa shape index (κ1) is 11.5. The Labute approximate surface area is 89.4 Å². The van der Waals surface area contributed by atoms with Gasteiger partial charge in [-0.25, -0.2) is 0 Å². The lowest BCUT2D eigenvalue weighted by Crippen LogP contribution is -2.30. The van der Waals surface area contributed by atoms with Gasteiger partial charge >= 0.3 is 0 Å². The molecule has 2 atom stereocenters. The smallest absolute Gasteiger partial charge is 0.224 e. The monoisotopic (exact) mass is 208 g/mol. The van der Waals surface area contributed by atoms with Crippen molar-refractivity contribution in [3.63, 3.8) is 0 Å². The summed E-state index contributed by atoms with van der Waals surface area (Å²) in [5.41, 5.74) is 0. The van der Waals surface area contributed by atoms with Crippen LogP contribution in [0.25, 0.3) is 0 Å². The minimum atomic E-state index is -0.158. The van der Waals surface area contributed by atoms with Gasteiger partial charge in [-0.3, -0.25) is 9.59 Å². The first-order chi connectivity index (χ1) is 7.20. The molecule has 4 heteroatoms. The van der Waals surface area contributed by atoms with Crippen molar-refractivity contribution in [1.29, 1.82) is 0 Å². The van der Waals surface area contributed by atoms with Crippen molar-refractivity contribution in [1.82, 2.24) is 10.6 Å². The van der Waals surface area contributed by atoms with Gasteiger partial charge in [-0.05, 0) is 6.42 Å². The number of carbonyl (C=O) groups excluding carboxylic acids is 2. The van der Waals surface area contributed by atoms with E-state index in [4.69, 9.17) is 0 Å². The Morgan fingerprint density at radius 1 is 1.07 bits per heavy atom. The Balaban J connectivity index is 2.26. The van der Waals surface area contributed by atoms with Crippen molar-refractivity contribution in [2.45, 2.75) is 6.42 Å². The molecule has 1 rings (SSSR count). The highest BCUT2D eigenvalue weighted by molar-refractivity contribution is 5.92. The van der Waals surface area contributed by atoms with Gasteiger partial charge in [-0.2, -0.15) is 0 Å². The van der Waals surface area contributed by atoms with Crippen LogP contribution >= 0.6 is 0 Å². The Bertz CT molecular complexity index is 258. The van der Waals surface area contributed by atoms with E-state index in [9.17, 15) is 9.59 Å². The third-order valence-electron chi connectivity index (χ3n) is 2.31. The predicted molar refractivity (Wildman–Crippen MR) is 58.0 cm³/mol. The van der Waals surface area contributed by atoms with Crippen molar-refractivity contribution in [3.8, 4) is 0 Å². The van der Waals surface area contributed by atoms with Crippen LogP contribution in [0.4, 0.5) is 0 Å². The second kappa shape index (κ2) is 5.34. The van der Waals surface area contributed by atoms with Gasteiger partial charge in [0.1, 0.15) is 0 Å². The molecule has 0 radical (unpaired) electrons. The zero-order valence-corrected chi connectivity index (χ0v) is 8.66. The van der Waals surface area contributed by atoms with Crippen LogP contribution in [-0.4, -0.2) is 24.9 Å². The number of hydrogen-bond acceptors (Lipinski definition) is 2. The van der Waals surface area contributed by atoms with Crippen LogP contribution in [0, 0.1) is 11.8 Å². The maximum absolute atomic E-state index is 11.4. The lowest BCUT2D eigenvalue weighted by atomic mass is 10.3. The van der Waals surface area contributed by atoms with Crippen molar-refractivity contribution in [3.05, 3.63) is 25.3 Å². The topological polar surface area (TPSA) is 58.2 Å². The van der Waals surface area contributed by atoms with Crippen molar-refractivity contribution >= 4 is 11.8 Å². The summed E-state index contributed by atoms with van der Waals surface area (Å²) in [6.45, 7) is 7.91. The van der Waals surface area contributed by atoms with Crippen molar-refractivity contribution in [2.75, 3.05) is 13.1 Å². The molecule has 2 amide bonds. The zero-order chi connectivity index (χ0) is 11.3. The summed E-state index contributed by atoms with van der Waals surface area (Å²) in [4.78, 5) is 22.8. The van der Waals surface area contributed by atoms with Gasteiger partial charge in [0.25, 0.3) is 0 Å². The molecule has 0 spiro atoms. The van der Waals surface area contributed by atoms with E-state index in [0.717, 1.165) is 0 Å². The molecule has 4 nitrogen and oxygen atoms in total. The lowest BCUT2D eigenvalue weighted by molar-refractivity contribution is -0.127. The largest absolute Gasteiger partial charge is 0.352 e. The molecule has 0 aromatic rings. The molecule has 1 aliphatic carbocycles. The maximum atomic E-state index is 11.4. The highest BCUT2D eigenvalue weighted by Gasteiger charge is 2.47. The van der Waals surface area contributed by atoms with E-state index in [1.54, 1.807) is 12.2 Å². The molecule has 1 fully saturated rings. The second-order valence-electron chi connectivity index (χ2n) is 3.52. The Morgan fingerprint density at radius 2 is 1.47 bits per heavy atom. The Hall–Kier alpha value is -1.58. The van der Waals surface area contributed by atoms with Gasteiger partial charge in [-0.1, -0.05) is 12.2 Å². The Morgan fingerprint density at radius 3 is 1.80 bits per heavy atom. The number of carbonyl (C=O) groups is 2. The van der Waals surface area contributed by atoms with Gasteiger partial charge < -0.3 is 10.6 Å². The molecule has 82 valence electrons. The Kier molecular flexibility index (Phi) is 4.09. The molecule has 0 aliphatic heterocycles. The van der Waals surface area contributed by atoms with E-state index in [2.05, 4.69) is 23.8 Å². The fourth-order valence-corrected chi connectivity index (χ4v) is 1.38. The molecular formula is C11H16N2O2. The first-order valence-corrected chi connectivity index (χ1v) is 4.98. The van der Waals surface area contributed by atoms with E-state index in [-0.39, 0.29) is 23.7 Å². The van der Waals surface area contributed by atoms with Crippen LogP contribution in [-0.2, 0) is 9.59 Å². The number of amides is 2. The number of nitrogens with one attached hydrogen (secondary N) is 2. The van der Waals surface area contributed by atoms with Crippen LogP contribution in [0.2, 0.25) is 0 Å². The third-order valence-corrected chi connectivity index (χ3v) is 2.31. The summed E-state index contributed by atoms with van der Waals surface area (Å²) in [6, 6.07) is 0. The highest BCUT2D eigenvalue weighted by Crippen LogP contribution is 2.38. The second-order valence-corrected chi connectivity index (χ2v) is 3.52. The number of rotatable bonds is 6. The van der Waals surface area contributed by atoms with Crippen LogP contribution < -0.4 is 10.6 Å². The molecule has 0 heterocycles. The van der Waals surface area contributed by atoms with E-state index in [1.807, 2.05) is 0 Å². The SMILES string of the molecule is C=CCNC(=O)C1CC1C(=O)NCC=C. The molecule has 0 bridgehead atoms.